The highest BCUT2D eigenvalue weighted by Crippen LogP contribution is 2.44. The van der Waals surface area contributed by atoms with Crippen LogP contribution in [0.1, 0.15) is 0 Å². The molecule has 0 saturated carbocycles. The Bertz CT molecular complexity index is 2540. The summed E-state index contributed by atoms with van der Waals surface area (Å²) in [5.41, 5.74) is 10.4. The second kappa shape index (κ2) is 12.0. The SMILES string of the molecule is c1ccc(-c2ccc(-c3ccc(N(c4cnc5sc6ccc7ccccc7c6c5c4)c4ccccc4-c4ccccc4)cc3)cc2)cc1. The van der Waals surface area contributed by atoms with E-state index < -0.39 is 0 Å². The number of rotatable bonds is 6. The Hall–Kier alpha value is -6.03. The maximum atomic E-state index is 5.07. The molecule has 0 unspecified atom stereocenters. The fraction of sp³-hybridized carbons (Fsp3) is 0. The Labute approximate surface area is 283 Å². The Morgan fingerprint density at radius 3 is 1.75 bits per heavy atom. The number of anilines is 3. The van der Waals surface area contributed by atoms with Gasteiger partial charge in [0.2, 0.25) is 0 Å². The molecule has 0 saturated heterocycles. The number of para-hydroxylation sites is 1. The van der Waals surface area contributed by atoms with Crippen LogP contribution < -0.4 is 4.90 Å². The van der Waals surface area contributed by atoms with Crippen LogP contribution in [0.15, 0.2) is 182 Å². The van der Waals surface area contributed by atoms with Crippen LogP contribution in [0.25, 0.3) is 64.5 Å². The second-order valence-electron chi connectivity index (χ2n) is 12.0. The third-order valence-corrected chi connectivity index (χ3v) is 10.2. The molecule has 0 N–H and O–H groups in total. The highest BCUT2D eigenvalue weighted by molar-refractivity contribution is 7.25. The molecule has 3 heteroatoms. The third-order valence-electron chi connectivity index (χ3n) is 9.14. The number of benzene rings is 7. The standard InChI is InChI=1S/C45H30N2S/c1-3-11-31(12-4-1)32-19-21-33(22-20-32)34-23-26-37(27-24-34)47(42-18-10-9-16-39(42)35-13-5-2-6-14-35)38-29-41-44-40-17-8-7-15-36(40)25-28-43(44)48-45(41)46-30-38/h1-30H. The van der Waals surface area contributed by atoms with Gasteiger partial charge in [-0.2, -0.15) is 0 Å². The molecule has 0 fully saturated rings. The van der Waals surface area contributed by atoms with E-state index in [1.54, 1.807) is 11.3 Å². The number of pyridine rings is 1. The van der Waals surface area contributed by atoms with Crippen LogP contribution in [0.4, 0.5) is 17.1 Å². The van der Waals surface area contributed by atoms with E-state index in [2.05, 4.69) is 181 Å². The molecular formula is C45H30N2S. The molecule has 226 valence electrons. The lowest BCUT2D eigenvalue weighted by Crippen LogP contribution is -2.11. The molecule has 0 spiro atoms. The van der Waals surface area contributed by atoms with Crippen molar-refractivity contribution in [3.8, 4) is 33.4 Å². The lowest BCUT2D eigenvalue weighted by atomic mass is 9.99. The van der Waals surface area contributed by atoms with Crippen molar-refractivity contribution in [2.24, 2.45) is 0 Å². The quantitative estimate of drug-likeness (QED) is 0.182. The minimum absolute atomic E-state index is 1.03. The average molecular weight is 631 g/mol. The summed E-state index contributed by atoms with van der Waals surface area (Å²) in [7, 11) is 0. The van der Waals surface area contributed by atoms with E-state index in [1.165, 1.54) is 59.6 Å². The van der Waals surface area contributed by atoms with Crippen molar-refractivity contribution >= 4 is 59.5 Å². The van der Waals surface area contributed by atoms with Gasteiger partial charge in [-0.25, -0.2) is 4.98 Å². The number of hydrogen-bond donors (Lipinski definition) is 0. The van der Waals surface area contributed by atoms with Gasteiger partial charge in [-0.05, 0) is 68.9 Å². The summed E-state index contributed by atoms with van der Waals surface area (Å²) in [6.45, 7) is 0. The van der Waals surface area contributed by atoms with Gasteiger partial charge in [0.25, 0.3) is 0 Å². The third kappa shape index (κ3) is 5.02. The predicted octanol–water partition coefficient (Wildman–Crippen LogP) is 13.1. The van der Waals surface area contributed by atoms with Gasteiger partial charge in [0.1, 0.15) is 4.83 Å². The molecule has 2 heterocycles. The smallest absolute Gasteiger partial charge is 0.124 e. The maximum absolute atomic E-state index is 5.07. The molecule has 0 atom stereocenters. The molecule has 0 amide bonds. The Balaban J connectivity index is 1.19. The van der Waals surface area contributed by atoms with Crippen molar-refractivity contribution in [1.82, 2.24) is 4.98 Å². The highest BCUT2D eigenvalue weighted by Gasteiger charge is 2.19. The topological polar surface area (TPSA) is 16.1 Å². The fourth-order valence-corrected chi connectivity index (χ4v) is 7.83. The van der Waals surface area contributed by atoms with Gasteiger partial charge in [-0.15, -0.1) is 11.3 Å². The summed E-state index contributed by atoms with van der Waals surface area (Å²) < 4.78 is 1.26. The molecule has 0 aliphatic rings. The number of fused-ring (bicyclic) bond motifs is 5. The first-order chi connectivity index (χ1) is 23.8. The van der Waals surface area contributed by atoms with Crippen LogP contribution >= 0.6 is 11.3 Å². The van der Waals surface area contributed by atoms with E-state index in [4.69, 9.17) is 4.98 Å². The number of aromatic nitrogens is 1. The van der Waals surface area contributed by atoms with Gasteiger partial charge in [-0.1, -0.05) is 146 Å². The Kier molecular flexibility index (Phi) is 7.03. The van der Waals surface area contributed by atoms with E-state index in [0.717, 1.165) is 21.9 Å². The molecular weight excluding hydrogens is 601 g/mol. The van der Waals surface area contributed by atoms with Crippen molar-refractivity contribution in [2.75, 3.05) is 4.90 Å². The molecule has 2 aromatic heterocycles. The van der Waals surface area contributed by atoms with E-state index in [0.29, 0.717) is 0 Å². The predicted molar refractivity (Wildman–Crippen MR) is 206 cm³/mol. The maximum Gasteiger partial charge on any atom is 0.124 e. The first-order valence-corrected chi connectivity index (χ1v) is 17.0. The lowest BCUT2D eigenvalue weighted by Gasteiger charge is -2.28. The Morgan fingerprint density at radius 1 is 0.438 bits per heavy atom. The average Bonchev–Trinajstić information content (AvgIpc) is 3.55. The van der Waals surface area contributed by atoms with Gasteiger partial charge in [-0.3, -0.25) is 0 Å². The monoisotopic (exact) mass is 630 g/mol. The summed E-state index contributed by atoms with van der Waals surface area (Å²) >= 11 is 1.76. The summed E-state index contributed by atoms with van der Waals surface area (Å²) in [5, 5.41) is 4.96. The number of nitrogens with zero attached hydrogens (tertiary/aromatic N) is 2. The van der Waals surface area contributed by atoms with Crippen molar-refractivity contribution in [3.63, 3.8) is 0 Å². The second-order valence-corrected chi connectivity index (χ2v) is 13.0. The van der Waals surface area contributed by atoms with E-state index in [9.17, 15) is 0 Å². The van der Waals surface area contributed by atoms with Crippen LogP contribution in [-0.4, -0.2) is 4.98 Å². The number of hydrogen-bond acceptors (Lipinski definition) is 3. The Morgan fingerprint density at radius 2 is 1.02 bits per heavy atom. The highest BCUT2D eigenvalue weighted by atomic mass is 32.1. The largest absolute Gasteiger partial charge is 0.308 e. The lowest BCUT2D eigenvalue weighted by molar-refractivity contribution is 1.26. The van der Waals surface area contributed by atoms with Crippen molar-refractivity contribution < 1.29 is 0 Å². The van der Waals surface area contributed by atoms with Crippen LogP contribution in [-0.2, 0) is 0 Å². The van der Waals surface area contributed by atoms with Gasteiger partial charge in [0.05, 0.1) is 17.6 Å². The molecule has 0 bridgehead atoms. The van der Waals surface area contributed by atoms with Crippen molar-refractivity contribution in [2.45, 2.75) is 0 Å². The van der Waals surface area contributed by atoms with Gasteiger partial charge in [0, 0.05) is 26.7 Å². The summed E-state index contributed by atoms with van der Waals surface area (Å²) in [4.78, 5) is 8.48. The zero-order chi connectivity index (χ0) is 31.9. The fourth-order valence-electron chi connectivity index (χ4n) is 6.79. The van der Waals surface area contributed by atoms with Crippen LogP contribution in [0.3, 0.4) is 0 Å². The molecule has 9 aromatic rings. The van der Waals surface area contributed by atoms with Crippen LogP contribution in [0.2, 0.25) is 0 Å². The van der Waals surface area contributed by atoms with Crippen LogP contribution in [0, 0.1) is 0 Å². The normalized spacial score (nSPS) is 11.3. The molecule has 9 rings (SSSR count). The summed E-state index contributed by atoms with van der Waals surface area (Å²) in [5.74, 6) is 0. The zero-order valence-electron chi connectivity index (χ0n) is 26.1. The van der Waals surface area contributed by atoms with E-state index in [-0.39, 0.29) is 0 Å². The summed E-state index contributed by atoms with van der Waals surface area (Å²) in [6.07, 6.45) is 2.03. The van der Waals surface area contributed by atoms with Gasteiger partial charge in [0.15, 0.2) is 0 Å². The molecule has 0 aliphatic carbocycles. The number of thiophene rings is 1. The van der Waals surface area contributed by atoms with Crippen molar-refractivity contribution in [1.29, 1.82) is 0 Å². The molecule has 2 nitrogen and oxygen atoms in total. The van der Waals surface area contributed by atoms with Gasteiger partial charge < -0.3 is 4.90 Å². The first kappa shape index (κ1) is 28.2. The van der Waals surface area contributed by atoms with Gasteiger partial charge >= 0.3 is 0 Å². The van der Waals surface area contributed by atoms with Crippen LogP contribution in [0.5, 0.6) is 0 Å². The van der Waals surface area contributed by atoms with E-state index >= 15 is 0 Å². The minimum atomic E-state index is 1.03. The molecule has 7 aromatic carbocycles. The minimum Gasteiger partial charge on any atom is -0.308 e. The van der Waals surface area contributed by atoms with E-state index in [1.807, 2.05) is 6.20 Å². The first-order valence-electron chi connectivity index (χ1n) is 16.2. The van der Waals surface area contributed by atoms with Crippen molar-refractivity contribution in [3.05, 3.63) is 182 Å². The molecule has 48 heavy (non-hydrogen) atoms. The molecule has 0 radical (unpaired) electrons. The molecule has 0 aliphatic heterocycles. The zero-order valence-corrected chi connectivity index (χ0v) is 26.9. The summed E-state index contributed by atoms with van der Waals surface area (Å²) in [6, 6.07) is 63.0.